The molecule has 1 heterocycles. The van der Waals surface area contributed by atoms with Gasteiger partial charge in [0.05, 0.1) is 13.2 Å². The lowest BCUT2D eigenvalue weighted by molar-refractivity contribution is -0.148. The summed E-state index contributed by atoms with van der Waals surface area (Å²) < 4.78 is 17.8. The molecule has 1 aliphatic heterocycles. The smallest absolute Gasteiger partial charge is 0.327 e. The first-order valence-corrected chi connectivity index (χ1v) is 6.37. The number of ether oxygens (including phenoxy) is 1. The summed E-state index contributed by atoms with van der Waals surface area (Å²) in [4.78, 5) is 13.9. The van der Waals surface area contributed by atoms with Crippen LogP contribution in [0.15, 0.2) is 24.3 Å². The highest BCUT2D eigenvalue weighted by Gasteiger charge is 2.31. The summed E-state index contributed by atoms with van der Waals surface area (Å²) in [7, 11) is 1.34. The Balaban J connectivity index is 2.21. The second kappa shape index (κ2) is 6.12. The van der Waals surface area contributed by atoms with Gasteiger partial charge in [0.1, 0.15) is 11.9 Å². The molecular weight excluding hydrogens is 249 g/mol. The number of aliphatic hydroxyl groups excluding tert-OH is 1. The number of esters is 1. The fraction of sp³-hybridized carbons (Fsp3) is 0.500. The second-order valence-electron chi connectivity index (χ2n) is 4.74. The fourth-order valence-corrected chi connectivity index (χ4v) is 2.40. The van der Waals surface area contributed by atoms with Crippen molar-refractivity contribution in [3.8, 4) is 0 Å². The van der Waals surface area contributed by atoms with Gasteiger partial charge in [-0.05, 0) is 30.5 Å². The van der Waals surface area contributed by atoms with Crippen LogP contribution < -0.4 is 0 Å². The lowest BCUT2D eigenvalue weighted by Crippen LogP contribution is -2.41. The fourth-order valence-electron chi connectivity index (χ4n) is 2.40. The topological polar surface area (TPSA) is 49.8 Å². The maximum atomic E-state index is 13.0. The Morgan fingerprint density at radius 1 is 1.37 bits per heavy atom. The van der Waals surface area contributed by atoms with Crippen molar-refractivity contribution in [3.63, 3.8) is 0 Å². The minimum atomic E-state index is -0.530. The average Bonchev–Trinajstić information content (AvgIpc) is 2.43. The third-order valence-electron chi connectivity index (χ3n) is 3.47. The third kappa shape index (κ3) is 3.30. The van der Waals surface area contributed by atoms with E-state index in [9.17, 15) is 14.3 Å². The molecule has 0 spiro atoms. The summed E-state index contributed by atoms with van der Waals surface area (Å²) in [6.45, 7) is 1.25. The van der Waals surface area contributed by atoms with Gasteiger partial charge in [0.25, 0.3) is 0 Å². The Morgan fingerprint density at radius 2 is 1.95 bits per heavy atom. The molecule has 1 N–H and O–H groups in total. The summed E-state index contributed by atoms with van der Waals surface area (Å²) in [6, 6.07) is 5.34. The zero-order valence-corrected chi connectivity index (χ0v) is 10.9. The molecule has 104 valence electrons. The van der Waals surface area contributed by atoms with Crippen LogP contribution >= 0.6 is 0 Å². The van der Waals surface area contributed by atoms with Gasteiger partial charge >= 0.3 is 5.97 Å². The first-order chi connectivity index (χ1) is 9.11. The number of nitrogens with zero attached hydrogens (tertiary/aromatic N) is 1. The highest BCUT2D eigenvalue weighted by Crippen LogP contribution is 2.26. The Labute approximate surface area is 111 Å². The molecule has 0 bridgehead atoms. The summed E-state index contributed by atoms with van der Waals surface area (Å²) in [6.07, 6.45) is 0.964. The van der Waals surface area contributed by atoms with Crippen LogP contribution in [-0.2, 0) is 9.53 Å². The Morgan fingerprint density at radius 3 is 2.47 bits per heavy atom. The summed E-state index contributed by atoms with van der Waals surface area (Å²) >= 11 is 0. The van der Waals surface area contributed by atoms with Gasteiger partial charge < -0.3 is 9.84 Å². The molecule has 0 radical (unpaired) electrons. The van der Waals surface area contributed by atoms with E-state index in [-0.39, 0.29) is 17.9 Å². The lowest BCUT2D eigenvalue weighted by atomic mass is 10.0. The highest BCUT2D eigenvalue weighted by molar-refractivity contribution is 5.77. The van der Waals surface area contributed by atoms with Crippen LogP contribution in [0.4, 0.5) is 4.39 Å². The Kier molecular flexibility index (Phi) is 4.50. The van der Waals surface area contributed by atoms with E-state index >= 15 is 0 Å². The molecule has 0 unspecified atom stereocenters. The number of rotatable bonds is 3. The Bertz CT molecular complexity index is 427. The maximum Gasteiger partial charge on any atom is 0.327 e. The van der Waals surface area contributed by atoms with E-state index in [1.54, 1.807) is 12.1 Å². The first-order valence-electron chi connectivity index (χ1n) is 6.37. The third-order valence-corrected chi connectivity index (χ3v) is 3.47. The molecule has 0 aromatic heterocycles. The zero-order valence-electron chi connectivity index (χ0n) is 10.9. The molecule has 1 atom stereocenters. The number of aliphatic hydroxyl groups is 1. The first kappa shape index (κ1) is 14.0. The van der Waals surface area contributed by atoms with Gasteiger partial charge in [-0.15, -0.1) is 0 Å². The van der Waals surface area contributed by atoms with Crippen LogP contribution in [0.25, 0.3) is 0 Å². The standard InChI is InChI=1S/C14H18FNO3/c1-19-14(18)13(10-2-4-11(15)5-3-10)16-8-6-12(17)7-9-16/h2-5,12-13,17H,6-9H2,1H3/t13-/m1/s1. The van der Waals surface area contributed by atoms with E-state index in [2.05, 4.69) is 0 Å². The molecule has 1 saturated heterocycles. The number of hydrogen-bond donors (Lipinski definition) is 1. The van der Waals surface area contributed by atoms with Crippen LogP contribution in [-0.4, -0.2) is 42.3 Å². The van der Waals surface area contributed by atoms with E-state index in [4.69, 9.17) is 4.74 Å². The molecule has 19 heavy (non-hydrogen) atoms. The molecule has 4 nitrogen and oxygen atoms in total. The number of likely N-dealkylation sites (tertiary alicyclic amines) is 1. The monoisotopic (exact) mass is 267 g/mol. The minimum absolute atomic E-state index is 0.303. The Hall–Kier alpha value is -1.46. The van der Waals surface area contributed by atoms with Crippen molar-refractivity contribution in [1.82, 2.24) is 4.90 Å². The van der Waals surface area contributed by atoms with Gasteiger partial charge in [-0.2, -0.15) is 0 Å². The van der Waals surface area contributed by atoms with Gasteiger partial charge in [0, 0.05) is 13.1 Å². The molecule has 1 fully saturated rings. The normalized spacial score (nSPS) is 19.1. The number of methoxy groups -OCH3 is 1. The maximum absolute atomic E-state index is 13.0. The van der Waals surface area contributed by atoms with Crippen molar-refractivity contribution in [2.75, 3.05) is 20.2 Å². The minimum Gasteiger partial charge on any atom is -0.468 e. The van der Waals surface area contributed by atoms with E-state index < -0.39 is 6.04 Å². The van der Waals surface area contributed by atoms with E-state index in [1.165, 1.54) is 19.2 Å². The van der Waals surface area contributed by atoms with Gasteiger partial charge in [-0.25, -0.2) is 9.18 Å². The molecule has 0 amide bonds. The van der Waals surface area contributed by atoms with E-state index in [0.29, 0.717) is 31.5 Å². The number of hydrogen-bond acceptors (Lipinski definition) is 4. The van der Waals surface area contributed by atoms with E-state index in [0.717, 1.165) is 0 Å². The summed E-state index contributed by atoms with van der Waals surface area (Å²) in [5.41, 5.74) is 0.713. The van der Waals surface area contributed by atoms with Gasteiger partial charge in [0.2, 0.25) is 0 Å². The highest BCUT2D eigenvalue weighted by atomic mass is 19.1. The second-order valence-corrected chi connectivity index (χ2v) is 4.74. The van der Waals surface area contributed by atoms with Crippen molar-refractivity contribution < 1.29 is 19.0 Å². The average molecular weight is 267 g/mol. The quantitative estimate of drug-likeness (QED) is 0.843. The van der Waals surface area contributed by atoms with Crippen molar-refractivity contribution in [2.24, 2.45) is 0 Å². The number of benzene rings is 1. The van der Waals surface area contributed by atoms with Crippen LogP contribution in [0.5, 0.6) is 0 Å². The van der Waals surface area contributed by atoms with Crippen molar-refractivity contribution >= 4 is 5.97 Å². The lowest BCUT2D eigenvalue weighted by Gasteiger charge is -2.34. The zero-order chi connectivity index (χ0) is 13.8. The van der Waals surface area contributed by atoms with Crippen molar-refractivity contribution in [1.29, 1.82) is 0 Å². The molecular formula is C14H18FNO3. The summed E-state index contributed by atoms with van der Waals surface area (Å²) in [5.74, 6) is -0.690. The SMILES string of the molecule is COC(=O)[C@@H](c1ccc(F)cc1)N1CCC(O)CC1. The molecule has 1 aromatic carbocycles. The van der Waals surface area contributed by atoms with Crippen LogP contribution in [0.1, 0.15) is 24.4 Å². The van der Waals surface area contributed by atoms with Gasteiger partial charge in [-0.1, -0.05) is 12.1 Å². The van der Waals surface area contributed by atoms with Crippen molar-refractivity contribution in [3.05, 3.63) is 35.6 Å². The predicted molar refractivity (Wildman–Crippen MR) is 68.0 cm³/mol. The van der Waals surface area contributed by atoms with Crippen molar-refractivity contribution in [2.45, 2.75) is 25.0 Å². The van der Waals surface area contributed by atoms with Crippen LogP contribution in [0.2, 0.25) is 0 Å². The van der Waals surface area contributed by atoms with Crippen LogP contribution in [0.3, 0.4) is 0 Å². The molecule has 2 rings (SSSR count). The van der Waals surface area contributed by atoms with Gasteiger partial charge in [0.15, 0.2) is 0 Å². The molecule has 5 heteroatoms. The number of carbonyl (C=O) groups excluding carboxylic acids is 1. The predicted octanol–water partition coefficient (Wildman–Crippen LogP) is 1.50. The number of carbonyl (C=O) groups is 1. The van der Waals surface area contributed by atoms with Gasteiger partial charge in [-0.3, -0.25) is 4.90 Å². The molecule has 1 aromatic rings. The molecule has 1 aliphatic rings. The largest absolute Gasteiger partial charge is 0.468 e. The number of halogens is 1. The molecule has 0 saturated carbocycles. The molecule has 0 aliphatic carbocycles. The summed E-state index contributed by atoms with van der Waals surface area (Å²) in [5, 5.41) is 9.52. The van der Waals surface area contributed by atoms with Crippen LogP contribution in [0, 0.1) is 5.82 Å². The number of piperidine rings is 1. The van der Waals surface area contributed by atoms with E-state index in [1.807, 2.05) is 4.90 Å².